The van der Waals surface area contributed by atoms with E-state index in [0.29, 0.717) is 11.8 Å². The number of fused-ring (bicyclic) bond motifs is 1. The summed E-state index contributed by atoms with van der Waals surface area (Å²) in [5.41, 5.74) is 5.41. The number of hydrogen-bond acceptors (Lipinski definition) is 1. The van der Waals surface area contributed by atoms with Crippen molar-refractivity contribution in [3.63, 3.8) is 0 Å². The molecule has 0 radical (unpaired) electrons. The first kappa shape index (κ1) is 17.4. The number of rotatable bonds is 5. The Kier molecular flexibility index (Phi) is 5.33. The monoisotopic (exact) mass is 329 g/mol. The van der Waals surface area contributed by atoms with Crippen molar-refractivity contribution in [2.75, 3.05) is 0 Å². The van der Waals surface area contributed by atoms with Crippen LogP contribution in [0.15, 0.2) is 65.7 Å². The zero-order valence-electron chi connectivity index (χ0n) is 15.7. The van der Waals surface area contributed by atoms with E-state index in [4.69, 9.17) is 4.99 Å². The van der Waals surface area contributed by atoms with Crippen LogP contribution < -0.4 is 0 Å². The highest BCUT2D eigenvalue weighted by Gasteiger charge is 2.12. The van der Waals surface area contributed by atoms with Gasteiger partial charge < -0.3 is 0 Å². The molecule has 1 nitrogen and oxygen atoms in total. The van der Waals surface area contributed by atoms with Crippen molar-refractivity contribution in [1.82, 2.24) is 0 Å². The molecule has 0 bridgehead atoms. The maximum absolute atomic E-state index is 4.82. The minimum Gasteiger partial charge on any atom is -0.288 e. The van der Waals surface area contributed by atoms with E-state index in [-0.39, 0.29) is 0 Å². The van der Waals surface area contributed by atoms with E-state index in [2.05, 4.69) is 88.4 Å². The lowest BCUT2D eigenvalue weighted by molar-refractivity contribution is 0.796. The van der Waals surface area contributed by atoms with Crippen LogP contribution in [0, 0.1) is 0 Å². The molecule has 0 atom stereocenters. The second-order valence-corrected chi connectivity index (χ2v) is 7.26. The van der Waals surface area contributed by atoms with Crippen LogP contribution in [-0.4, -0.2) is 6.21 Å². The Morgan fingerprint density at radius 2 is 1.36 bits per heavy atom. The normalized spacial score (nSPS) is 11.9. The third-order valence-electron chi connectivity index (χ3n) is 4.80. The van der Waals surface area contributed by atoms with Gasteiger partial charge in [0.15, 0.2) is 0 Å². The molecule has 128 valence electrons. The van der Waals surface area contributed by atoms with Gasteiger partial charge in [0.1, 0.15) is 0 Å². The summed E-state index contributed by atoms with van der Waals surface area (Å²) in [5, 5.41) is 2.52. The Balaban J connectivity index is 1.94. The van der Waals surface area contributed by atoms with Gasteiger partial charge in [0.25, 0.3) is 0 Å². The second-order valence-electron chi connectivity index (χ2n) is 7.26. The average Bonchev–Trinajstić information content (AvgIpc) is 2.61. The second kappa shape index (κ2) is 7.65. The summed E-state index contributed by atoms with van der Waals surface area (Å²) in [4.78, 5) is 4.82. The van der Waals surface area contributed by atoms with E-state index in [1.54, 1.807) is 0 Å². The first-order valence-electron chi connectivity index (χ1n) is 9.17. The molecule has 0 heterocycles. The predicted octanol–water partition coefficient (Wildman–Crippen LogP) is 6.71. The van der Waals surface area contributed by atoms with Crippen LogP contribution in [0.1, 0.15) is 61.8 Å². The summed E-state index contributed by atoms with van der Waals surface area (Å²) in [7, 11) is 0. The van der Waals surface area contributed by atoms with Crippen molar-refractivity contribution in [3.8, 4) is 0 Å². The Labute approximate surface area is 151 Å². The summed E-state index contributed by atoms with van der Waals surface area (Å²) < 4.78 is 0. The van der Waals surface area contributed by atoms with Gasteiger partial charge in [0, 0.05) is 11.8 Å². The molecule has 0 spiro atoms. The van der Waals surface area contributed by atoms with E-state index in [1.807, 2.05) is 6.21 Å². The van der Waals surface area contributed by atoms with Gasteiger partial charge in [-0.2, -0.15) is 0 Å². The fourth-order valence-corrected chi connectivity index (χ4v) is 3.49. The highest BCUT2D eigenvalue weighted by molar-refractivity contribution is 5.99. The van der Waals surface area contributed by atoms with Crippen LogP contribution in [0.25, 0.3) is 10.8 Å². The molecule has 3 aromatic rings. The average molecular weight is 329 g/mol. The fraction of sp³-hybridized carbons (Fsp3) is 0.292. The maximum atomic E-state index is 4.82. The topological polar surface area (TPSA) is 12.4 Å². The first-order valence-corrected chi connectivity index (χ1v) is 9.17. The molecule has 0 aliphatic carbocycles. The summed E-state index contributed by atoms with van der Waals surface area (Å²) in [6.45, 7) is 9.79. The summed E-state index contributed by atoms with van der Waals surface area (Å²) in [5.74, 6) is 1.03. The molecule has 25 heavy (non-hydrogen) atoms. The standard InChI is InChI=1S/C24H27N/c1-17(2)21-13-8-14-22(18(3)4)24(21)16-25-15-20-11-7-10-19-9-5-6-12-23(19)20/h5-15,17-18H,16H2,1-4H3. The lowest BCUT2D eigenvalue weighted by atomic mass is 9.89. The minimum absolute atomic E-state index is 0.515. The Hall–Kier alpha value is -2.41. The van der Waals surface area contributed by atoms with Crippen molar-refractivity contribution in [2.24, 2.45) is 4.99 Å². The lowest BCUT2D eigenvalue weighted by Gasteiger charge is -2.18. The Morgan fingerprint density at radius 3 is 2.04 bits per heavy atom. The van der Waals surface area contributed by atoms with E-state index < -0.39 is 0 Å². The zero-order valence-corrected chi connectivity index (χ0v) is 15.7. The van der Waals surface area contributed by atoms with Gasteiger partial charge in [-0.25, -0.2) is 0 Å². The molecule has 0 unspecified atom stereocenters. The highest BCUT2D eigenvalue weighted by atomic mass is 14.7. The summed E-state index contributed by atoms with van der Waals surface area (Å²) in [6.07, 6.45) is 2.03. The predicted molar refractivity (Wildman–Crippen MR) is 110 cm³/mol. The number of benzene rings is 3. The van der Waals surface area contributed by atoms with E-state index >= 15 is 0 Å². The van der Waals surface area contributed by atoms with Gasteiger partial charge >= 0.3 is 0 Å². The molecule has 3 rings (SSSR count). The van der Waals surface area contributed by atoms with Crippen molar-refractivity contribution in [3.05, 3.63) is 82.9 Å². The molecule has 0 saturated heterocycles. The fourth-order valence-electron chi connectivity index (χ4n) is 3.49. The van der Waals surface area contributed by atoms with E-state index in [9.17, 15) is 0 Å². The molecular weight excluding hydrogens is 302 g/mol. The van der Waals surface area contributed by atoms with Crippen LogP contribution >= 0.6 is 0 Å². The van der Waals surface area contributed by atoms with Gasteiger partial charge in [-0.1, -0.05) is 88.4 Å². The van der Waals surface area contributed by atoms with Gasteiger partial charge in [-0.3, -0.25) is 4.99 Å². The Morgan fingerprint density at radius 1 is 0.760 bits per heavy atom. The van der Waals surface area contributed by atoms with Crippen LogP contribution in [-0.2, 0) is 6.54 Å². The summed E-state index contributed by atoms with van der Waals surface area (Å²) in [6, 6.07) is 21.6. The molecule has 1 heteroatoms. The van der Waals surface area contributed by atoms with Gasteiger partial charge in [-0.05, 0) is 39.3 Å². The smallest absolute Gasteiger partial charge is 0.0645 e. The molecule has 0 aromatic heterocycles. The van der Waals surface area contributed by atoms with Crippen molar-refractivity contribution >= 4 is 17.0 Å². The van der Waals surface area contributed by atoms with E-state index in [0.717, 1.165) is 6.54 Å². The molecule has 0 saturated carbocycles. The van der Waals surface area contributed by atoms with Crippen molar-refractivity contribution in [2.45, 2.75) is 46.1 Å². The molecule has 0 N–H and O–H groups in total. The number of nitrogens with zero attached hydrogens (tertiary/aromatic N) is 1. The van der Waals surface area contributed by atoms with Gasteiger partial charge in [-0.15, -0.1) is 0 Å². The van der Waals surface area contributed by atoms with E-state index in [1.165, 1.54) is 33.0 Å². The summed E-state index contributed by atoms with van der Waals surface area (Å²) >= 11 is 0. The molecule has 0 amide bonds. The minimum atomic E-state index is 0.515. The lowest BCUT2D eigenvalue weighted by Crippen LogP contribution is -2.03. The molecule has 0 aliphatic heterocycles. The largest absolute Gasteiger partial charge is 0.288 e. The van der Waals surface area contributed by atoms with Crippen LogP contribution in [0.2, 0.25) is 0 Å². The van der Waals surface area contributed by atoms with Crippen molar-refractivity contribution in [1.29, 1.82) is 0 Å². The van der Waals surface area contributed by atoms with Gasteiger partial charge in [0.2, 0.25) is 0 Å². The molecular formula is C24H27N. The number of aliphatic imine (C=N–C) groups is 1. The third-order valence-corrected chi connectivity index (χ3v) is 4.80. The maximum Gasteiger partial charge on any atom is 0.0645 e. The van der Waals surface area contributed by atoms with Crippen LogP contribution in [0.4, 0.5) is 0 Å². The highest BCUT2D eigenvalue weighted by Crippen LogP contribution is 2.28. The Bertz CT molecular complexity index is 856. The zero-order chi connectivity index (χ0) is 17.8. The number of hydrogen-bond donors (Lipinski definition) is 0. The SMILES string of the molecule is CC(C)c1cccc(C(C)C)c1CN=Cc1cccc2ccccc12. The van der Waals surface area contributed by atoms with Crippen LogP contribution in [0.5, 0.6) is 0 Å². The molecule has 3 aromatic carbocycles. The third kappa shape index (κ3) is 3.82. The van der Waals surface area contributed by atoms with Crippen molar-refractivity contribution < 1.29 is 0 Å². The molecule has 0 aliphatic rings. The van der Waals surface area contributed by atoms with Crippen LogP contribution in [0.3, 0.4) is 0 Å². The quantitative estimate of drug-likeness (QED) is 0.461. The molecule has 0 fully saturated rings. The van der Waals surface area contributed by atoms with Gasteiger partial charge in [0.05, 0.1) is 6.54 Å². The first-order chi connectivity index (χ1) is 12.1.